The van der Waals surface area contributed by atoms with E-state index in [2.05, 4.69) is 15.9 Å². The normalized spacial score (nSPS) is 21.7. The summed E-state index contributed by atoms with van der Waals surface area (Å²) in [6.07, 6.45) is 4.10. The molecule has 0 aromatic heterocycles. The van der Waals surface area contributed by atoms with E-state index in [1.54, 1.807) is 18.2 Å². The molecule has 19 heavy (non-hydrogen) atoms. The van der Waals surface area contributed by atoms with Gasteiger partial charge < -0.3 is 0 Å². The molecule has 1 heterocycles. The summed E-state index contributed by atoms with van der Waals surface area (Å²) in [4.78, 5) is 26.1. The maximum absolute atomic E-state index is 12.6. The molecule has 0 radical (unpaired) electrons. The van der Waals surface area contributed by atoms with Crippen molar-refractivity contribution in [3.63, 3.8) is 0 Å². The number of carbonyl (C=O) groups is 2. The summed E-state index contributed by atoms with van der Waals surface area (Å²) in [5.41, 5.74) is 0.179. The Kier molecular flexibility index (Phi) is 3.18. The number of anilines is 1. The number of imide groups is 1. The van der Waals surface area contributed by atoms with Crippen LogP contribution in [0.2, 0.25) is 5.02 Å². The summed E-state index contributed by atoms with van der Waals surface area (Å²) in [6.45, 7) is 0. The van der Waals surface area contributed by atoms with E-state index in [4.69, 9.17) is 11.6 Å². The summed E-state index contributed by atoms with van der Waals surface area (Å²) in [5.74, 6) is -0.134. The van der Waals surface area contributed by atoms with Crippen molar-refractivity contribution >= 4 is 45.0 Å². The highest BCUT2D eigenvalue weighted by atomic mass is 79.9. The molecule has 1 spiro atoms. The SMILES string of the molecule is O=C1CC2(CCCC2)C(=O)N1c1ccc(Cl)c(Br)c1. The van der Waals surface area contributed by atoms with Crippen LogP contribution in [-0.4, -0.2) is 11.8 Å². The van der Waals surface area contributed by atoms with Gasteiger partial charge in [-0.3, -0.25) is 14.5 Å². The quantitative estimate of drug-likeness (QED) is 0.725. The van der Waals surface area contributed by atoms with Gasteiger partial charge >= 0.3 is 0 Å². The van der Waals surface area contributed by atoms with Crippen LogP contribution in [-0.2, 0) is 9.59 Å². The van der Waals surface area contributed by atoms with Gasteiger partial charge in [-0.25, -0.2) is 0 Å². The Morgan fingerprint density at radius 1 is 1.21 bits per heavy atom. The van der Waals surface area contributed by atoms with E-state index in [1.165, 1.54) is 4.90 Å². The van der Waals surface area contributed by atoms with Gasteiger partial charge in [0.1, 0.15) is 0 Å². The number of benzene rings is 1. The summed E-state index contributed by atoms with van der Waals surface area (Å²) < 4.78 is 0.694. The predicted octanol–water partition coefficient (Wildman–Crippen LogP) is 3.93. The van der Waals surface area contributed by atoms with Crippen molar-refractivity contribution < 1.29 is 9.59 Å². The lowest BCUT2D eigenvalue weighted by Crippen LogP contribution is -2.34. The van der Waals surface area contributed by atoms with Crippen molar-refractivity contribution in [1.29, 1.82) is 0 Å². The molecule has 0 atom stereocenters. The maximum atomic E-state index is 12.6. The summed E-state index contributed by atoms with van der Waals surface area (Å²) >= 11 is 9.27. The van der Waals surface area contributed by atoms with Crippen LogP contribution in [0, 0.1) is 5.41 Å². The Morgan fingerprint density at radius 3 is 2.53 bits per heavy atom. The van der Waals surface area contributed by atoms with Crippen LogP contribution in [0.4, 0.5) is 5.69 Å². The van der Waals surface area contributed by atoms with Gasteiger partial charge in [0.25, 0.3) is 0 Å². The molecule has 1 aromatic rings. The number of rotatable bonds is 1. The fourth-order valence-electron chi connectivity index (χ4n) is 3.12. The minimum absolute atomic E-state index is 0.0378. The maximum Gasteiger partial charge on any atom is 0.240 e. The average Bonchev–Trinajstić information content (AvgIpc) is 2.91. The van der Waals surface area contributed by atoms with Crippen molar-refractivity contribution in [2.45, 2.75) is 32.1 Å². The number of halogens is 2. The molecular formula is C14H13BrClNO2. The van der Waals surface area contributed by atoms with Gasteiger partial charge in [0, 0.05) is 10.9 Å². The Hall–Kier alpha value is -0.870. The first-order valence-corrected chi connectivity index (χ1v) is 7.53. The lowest BCUT2D eigenvalue weighted by molar-refractivity contribution is -0.125. The Labute approximate surface area is 125 Å². The monoisotopic (exact) mass is 341 g/mol. The largest absolute Gasteiger partial charge is 0.274 e. The second-order valence-corrected chi connectivity index (χ2v) is 6.56. The first-order chi connectivity index (χ1) is 9.03. The van der Waals surface area contributed by atoms with Crippen LogP contribution < -0.4 is 4.90 Å². The smallest absolute Gasteiger partial charge is 0.240 e. The number of nitrogens with zero attached hydrogens (tertiary/aromatic N) is 1. The third-order valence-electron chi connectivity index (χ3n) is 4.12. The van der Waals surface area contributed by atoms with Crippen LogP contribution in [0.25, 0.3) is 0 Å². The van der Waals surface area contributed by atoms with E-state index >= 15 is 0 Å². The van der Waals surface area contributed by atoms with Crippen LogP contribution >= 0.6 is 27.5 Å². The summed E-state index contributed by atoms with van der Waals surface area (Å²) in [5, 5.41) is 0.568. The highest BCUT2D eigenvalue weighted by Gasteiger charge is 2.53. The van der Waals surface area contributed by atoms with Gasteiger partial charge in [0.2, 0.25) is 11.8 Å². The van der Waals surface area contributed by atoms with Gasteiger partial charge in [0.15, 0.2) is 0 Å². The van der Waals surface area contributed by atoms with Crippen molar-refractivity contribution in [3.8, 4) is 0 Å². The molecule has 100 valence electrons. The fraction of sp³-hybridized carbons (Fsp3) is 0.429. The number of carbonyl (C=O) groups excluding carboxylic acids is 2. The fourth-order valence-corrected chi connectivity index (χ4v) is 3.61. The highest BCUT2D eigenvalue weighted by Crippen LogP contribution is 2.48. The first kappa shape index (κ1) is 13.1. The third kappa shape index (κ3) is 2.01. The lowest BCUT2D eigenvalue weighted by Gasteiger charge is -2.21. The number of amides is 2. The summed E-state index contributed by atoms with van der Waals surface area (Å²) in [7, 11) is 0. The molecule has 0 bridgehead atoms. The second-order valence-electron chi connectivity index (χ2n) is 5.30. The molecule has 1 aliphatic heterocycles. The molecular weight excluding hydrogens is 330 g/mol. The van der Waals surface area contributed by atoms with Crippen LogP contribution in [0.5, 0.6) is 0 Å². The van der Waals surface area contributed by atoms with Gasteiger partial charge in [-0.2, -0.15) is 0 Å². The Bertz CT molecular complexity index is 567. The van der Waals surface area contributed by atoms with Gasteiger partial charge in [0.05, 0.1) is 16.1 Å². The van der Waals surface area contributed by atoms with Gasteiger partial charge in [-0.1, -0.05) is 24.4 Å². The molecule has 1 aliphatic carbocycles. The van der Waals surface area contributed by atoms with E-state index in [1.807, 2.05) is 0 Å². The van der Waals surface area contributed by atoms with Crippen LogP contribution in [0.15, 0.2) is 22.7 Å². The van der Waals surface area contributed by atoms with Crippen molar-refractivity contribution in [2.75, 3.05) is 4.90 Å². The zero-order valence-electron chi connectivity index (χ0n) is 10.3. The molecule has 5 heteroatoms. The highest BCUT2D eigenvalue weighted by molar-refractivity contribution is 9.10. The predicted molar refractivity (Wildman–Crippen MR) is 77.2 cm³/mol. The molecule has 1 saturated carbocycles. The Morgan fingerprint density at radius 2 is 1.89 bits per heavy atom. The van der Waals surface area contributed by atoms with Crippen LogP contribution in [0.3, 0.4) is 0 Å². The van der Waals surface area contributed by atoms with E-state index in [0.717, 1.165) is 25.7 Å². The molecule has 2 amide bonds. The lowest BCUT2D eigenvalue weighted by atomic mass is 9.84. The zero-order valence-corrected chi connectivity index (χ0v) is 12.6. The second kappa shape index (κ2) is 4.60. The molecule has 0 unspecified atom stereocenters. The first-order valence-electron chi connectivity index (χ1n) is 6.36. The molecule has 2 fully saturated rings. The van der Waals surface area contributed by atoms with Crippen molar-refractivity contribution in [3.05, 3.63) is 27.7 Å². The van der Waals surface area contributed by atoms with E-state index in [0.29, 0.717) is 21.6 Å². The van der Waals surface area contributed by atoms with Crippen molar-refractivity contribution in [1.82, 2.24) is 0 Å². The van der Waals surface area contributed by atoms with Crippen LogP contribution in [0.1, 0.15) is 32.1 Å². The molecule has 1 aromatic carbocycles. The van der Waals surface area contributed by atoms with E-state index in [9.17, 15) is 9.59 Å². The molecule has 3 nitrogen and oxygen atoms in total. The van der Waals surface area contributed by atoms with Crippen molar-refractivity contribution in [2.24, 2.45) is 5.41 Å². The summed E-state index contributed by atoms with van der Waals surface area (Å²) in [6, 6.07) is 5.14. The van der Waals surface area contributed by atoms with E-state index in [-0.39, 0.29) is 11.8 Å². The number of hydrogen-bond acceptors (Lipinski definition) is 2. The van der Waals surface area contributed by atoms with Gasteiger partial charge in [-0.05, 0) is 47.0 Å². The molecule has 1 saturated heterocycles. The minimum atomic E-state index is -0.427. The minimum Gasteiger partial charge on any atom is -0.274 e. The molecule has 3 rings (SSSR count). The molecule has 0 N–H and O–H groups in total. The topological polar surface area (TPSA) is 37.4 Å². The average molecular weight is 343 g/mol. The zero-order chi connectivity index (χ0) is 13.6. The third-order valence-corrected chi connectivity index (χ3v) is 5.33. The molecule has 2 aliphatic rings. The standard InChI is InChI=1S/C14H13BrClNO2/c15-10-7-9(3-4-11(10)16)17-12(18)8-14(13(17)19)5-1-2-6-14/h3-4,7H,1-2,5-6,8H2. The van der Waals surface area contributed by atoms with Gasteiger partial charge in [-0.15, -0.1) is 0 Å². The number of hydrogen-bond donors (Lipinski definition) is 0. The Balaban J connectivity index is 1.98. The van der Waals surface area contributed by atoms with E-state index < -0.39 is 5.41 Å².